The first-order chi connectivity index (χ1) is 9.06. The minimum atomic E-state index is -0.511. The van der Waals surface area contributed by atoms with Crippen LogP contribution in [0.2, 0.25) is 0 Å². The molecule has 102 valence electrons. The SMILES string of the molecule is CC(NCCNC(N)=O)c1cc2cc(Br)ccc2o1. The maximum absolute atomic E-state index is 10.5. The second kappa shape index (κ2) is 6.08. The highest BCUT2D eigenvalue weighted by Crippen LogP contribution is 2.26. The Labute approximate surface area is 119 Å². The molecular weight excluding hydrogens is 310 g/mol. The number of urea groups is 1. The maximum atomic E-state index is 10.5. The van der Waals surface area contributed by atoms with Gasteiger partial charge in [0.25, 0.3) is 0 Å². The van der Waals surface area contributed by atoms with E-state index in [2.05, 4.69) is 26.6 Å². The summed E-state index contributed by atoms with van der Waals surface area (Å²) in [6, 6.07) is 7.47. The number of hydrogen-bond acceptors (Lipinski definition) is 3. The molecule has 1 heterocycles. The van der Waals surface area contributed by atoms with E-state index >= 15 is 0 Å². The van der Waals surface area contributed by atoms with Gasteiger partial charge in [-0.1, -0.05) is 15.9 Å². The summed E-state index contributed by atoms with van der Waals surface area (Å²) >= 11 is 3.43. The minimum Gasteiger partial charge on any atom is -0.459 e. The number of carbonyl (C=O) groups excluding carboxylic acids is 1. The van der Waals surface area contributed by atoms with Gasteiger partial charge in [0.15, 0.2) is 0 Å². The van der Waals surface area contributed by atoms with Crippen LogP contribution in [0.5, 0.6) is 0 Å². The first-order valence-corrected chi connectivity index (χ1v) is 6.81. The molecular formula is C13H16BrN3O2. The number of nitrogens with one attached hydrogen (secondary N) is 2. The van der Waals surface area contributed by atoms with Gasteiger partial charge in [0.2, 0.25) is 0 Å². The molecule has 1 aromatic carbocycles. The quantitative estimate of drug-likeness (QED) is 0.739. The Morgan fingerprint density at radius 2 is 2.21 bits per heavy atom. The van der Waals surface area contributed by atoms with E-state index in [1.165, 1.54) is 0 Å². The summed E-state index contributed by atoms with van der Waals surface area (Å²) in [7, 11) is 0. The van der Waals surface area contributed by atoms with Crippen LogP contribution in [0.4, 0.5) is 4.79 Å². The van der Waals surface area contributed by atoms with Crippen molar-refractivity contribution in [2.45, 2.75) is 13.0 Å². The fourth-order valence-corrected chi connectivity index (χ4v) is 2.20. The van der Waals surface area contributed by atoms with Gasteiger partial charge in [-0.05, 0) is 31.2 Å². The van der Waals surface area contributed by atoms with Crippen LogP contribution in [0.15, 0.2) is 33.2 Å². The van der Waals surface area contributed by atoms with Crippen molar-refractivity contribution < 1.29 is 9.21 Å². The number of benzene rings is 1. The minimum absolute atomic E-state index is 0.0702. The molecule has 0 bridgehead atoms. The maximum Gasteiger partial charge on any atom is 0.312 e. The molecule has 2 aromatic rings. The van der Waals surface area contributed by atoms with Gasteiger partial charge < -0.3 is 20.8 Å². The van der Waals surface area contributed by atoms with Crippen molar-refractivity contribution in [3.63, 3.8) is 0 Å². The molecule has 2 rings (SSSR count). The highest BCUT2D eigenvalue weighted by molar-refractivity contribution is 9.10. The van der Waals surface area contributed by atoms with Gasteiger partial charge in [-0.2, -0.15) is 0 Å². The average Bonchev–Trinajstić information content (AvgIpc) is 2.77. The Morgan fingerprint density at radius 1 is 1.42 bits per heavy atom. The zero-order chi connectivity index (χ0) is 13.8. The van der Waals surface area contributed by atoms with Crippen LogP contribution in [0.1, 0.15) is 18.7 Å². The lowest BCUT2D eigenvalue weighted by Gasteiger charge is -2.10. The summed E-state index contributed by atoms with van der Waals surface area (Å²) in [5, 5.41) is 6.84. The molecule has 0 aliphatic carbocycles. The summed E-state index contributed by atoms with van der Waals surface area (Å²) in [4.78, 5) is 10.5. The van der Waals surface area contributed by atoms with Crippen molar-refractivity contribution >= 4 is 32.9 Å². The van der Waals surface area contributed by atoms with Crippen LogP contribution < -0.4 is 16.4 Å². The third kappa shape index (κ3) is 3.71. The van der Waals surface area contributed by atoms with E-state index in [1.54, 1.807) is 0 Å². The van der Waals surface area contributed by atoms with E-state index in [-0.39, 0.29) is 6.04 Å². The summed E-state index contributed by atoms with van der Waals surface area (Å²) in [6.45, 7) is 3.13. The predicted octanol–water partition coefficient (Wildman–Crippen LogP) is 2.51. The highest BCUT2D eigenvalue weighted by Gasteiger charge is 2.11. The van der Waals surface area contributed by atoms with Crippen molar-refractivity contribution in [1.29, 1.82) is 0 Å². The second-order valence-corrected chi connectivity index (χ2v) is 5.21. The number of amides is 2. The zero-order valence-electron chi connectivity index (χ0n) is 10.6. The van der Waals surface area contributed by atoms with Crippen LogP contribution in [0.25, 0.3) is 11.0 Å². The normalized spacial score (nSPS) is 12.5. The Balaban J connectivity index is 1.97. The van der Waals surface area contributed by atoms with E-state index in [4.69, 9.17) is 10.2 Å². The highest BCUT2D eigenvalue weighted by atomic mass is 79.9. The van der Waals surface area contributed by atoms with Crippen molar-refractivity contribution in [3.8, 4) is 0 Å². The summed E-state index contributed by atoms with van der Waals surface area (Å²) in [6.07, 6.45) is 0. The van der Waals surface area contributed by atoms with Crippen LogP contribution >= 0.6 is 15.9 Å². The van der Waals surface area contributed by atoms with Gasteiger partial charge in [-0.25, -0.2) is 4.79 Å². The number of halogens is 1. The lowest BCUT2D eigenvalue weighted by Crippen LogP contribution is -2.35. The third-order valence-corrected chi connectivity index (χ3v) is 3.29. The fraction of sp³-hybridized carbons (Fsp3) is 0.308. The number of fused-ring (bicyclic) bond motifs is 1. The number of primary amides is 1. The number of rotatable bonds is 5. The Morgan fingerprint density at radius 3 is 2.95 bits per heavy atom. The third-order valence-electron chi connectivity index (χ3n) is 2.80. The molecule has 0 aliphatic rings. The lowest BCUT2D eigenvalue weighted by atomic mass is 10.2. The molecule has 0 radical (unpaired) electrons. The molecule has 6 heteroatoms. The van der Waals surface area contributed by atoms with E-state index in [1.807, 2.05) is 31.2 Å². The van der Waals surface area contributed by atoms with Gasteiger partial charge in [0, 0.05) is 22.9 Å². The Bertz CT molecular complexity index is 582. The van der Waals surface area contributed by atoms with Gasteiger partial charge >= 0.3 is 6.03 Å². The first-order valence-electron chi connectivity index (χ1n) is 6.02. The van der Waals surface area contributed by atoms with Crippen LogP contribution in [0, 0.1) is 0 Å². The molecule has 1 atom stereocenters. The van der Waals surface area contributed by atoms with Crippen LogP contribution in [-0.2, 0) is 0 Å². The van der Waals surface area contributed by atoms with E-state index < -0.39 is 6.03 Å². The number of nitrogens with two attached hydrogens (primary N) is 1. The standard InChI is InChI=1S/C13H16BrN3O2/c1-8(16-4-5-17-13(15)18)12-7-9-6-10(14)2-3-11(9)19-12/h2-3,6-8,16H,4-5H2,1H3,(H3,15,17,18). The number of carbonyl (C=O) groups is 1. The van der Waals surface area contributed by atoms with Crippen molar-refractivity contribution in [2.75, 3.05) is 13.1 Å². The van der Waals surface area contributed by atoms with Crippen LogP contribution in [0.3, 0.4) is 0 Å². The van der Waals surface area contributed by atoms with Gasteiger partial charge in [-0.15, -0.1) is 0 Å². The summed E-state index contributed by atoms with van der Waals surface area (Å²) in [5.74, 6) is 0.868. The lowest BCUT2D eigenvalue weighted by molar-refractivity contribution is 0.248. The largest absolute Gasteiger partial charge is 0.459 e. The molecule has 5 nitrogen and oxygen atoms in total. The van der Waals surface area contributed by atoms with E-state index in [0.29, 0.717) is 13.1 Å². The van der Waals surface area contributed by atoms with Gasteiger partial charge in [-0.3, -0.25) is 0 Å². The Hall–Kier alpha value is -1.53. The molecule has 2 amide bonds. The van der Waals surface area contributed by atoms with Gasteiger partial charge in [0.05, 0.1) is 6.04 Å². The molecule has 1 aromatic heterocycles. The molecule has 19 heavy (non-hydrogen) atoms. The summed E-state index contributed by atoms with van der Waals surface area (Å²) in [5.41, 5.74) is 5.85. The smallest absolute Gasteiger partial charge is 0.312 e. The zero-order valence-corrected chi connectivity index (χ0v) is 12.2. The molecule has 4 N–H and O–H groups in total. The van der Waals surface area contributed by atoms with Crippen molar-refractivity contribution in [1.82, 2.24) is 10.6 Å². The topological polar surface area (TPSA) is 80.3 Å². The Kier molecular flexibility index (Phi) is 4.44. The summed E-state index contributed by atoms with van der Waals surface area (Å²) < 4.78 is 6.79. The predicted molar refractivity (Wildman–Crippen MR) is 77.9 cm³/mol. The molecule has 0 saturated carbocycles. The second-order valence-electron chi connectivity index (χ2n) is 4.30. The van der Waals surface area contributed by atoms with Gasteiger partial charge in [0.1, 0.15) is 11.3 Å². The molecule has 0 fully saturated rings. The number of furan rings is 1. The number of hydrogen-bond donors (Lipinski definition) is 3. The fourth-order valence-electron chi connectivity index (χ4n) is 1.82. The van der Waals surface area contributed by atoms with Crippen molar-refractivity contribution in [3.05, 3.63) is 34.5 Å². The average molecular weight is 326 g/mol. The molecule has 1 unspecified atom stereocenters. The van der Waals surface area contributed by atoms with Crippen molar-refractivity contribution in [2.24, 2.45) is 5.73 Å². The van der Waals surface area contributed by atoms with Crippen LogP contribution in [-0.4, -0.2) is 19.1 Å². The molecule has 0 saturated heterocycles. The van der Waals surface area contributed by atoms with E-state index in [0.717, 1.165) is 21.2 Å². The first kappa shape index (κ1) is 13.9. The molecule has 0 spiro atoms. The van der Waals surface area contributed by atoms with E-state index in [9.17, 15) is 4.79 Å². The molecule has 0 aliphatic heterocycles. The monoisotopic (exact) mass is 325 g/mol.